The number of carboxylic acid groups (broad SMARTS) is 1. The van der Waals surface area contributed by atoms with Crippen molar-refractivity contribution in [2.75, 3.05) is 18.0 Å². The Morgan fingerprint density at radius 2 is 1.84 bits per heavy atom. The largest absolute Gasteiger partial charge is 0.489 e. The Balaban J connectivity index is 1.37. The van der Waals surface area contributed by atoms with Gasteiger partial charge in [-0.15, -0.1) is 0 Å². The topological polar surface area (TPSA) is 108 Å². The third-order valence-corrected chi connectivity index (χ3v) is 7.71. The summed E-state index contributed by atoms with van der Waals surface area (Å²) in [6, 6.07) is 3.79. The highest BCUT2D eigenvalue weighted by Crippen LogP contribution is 2.44. The first-order chi connectivity index (χ1) is 17.6. The maximum Gasteiger partial charge on any atom is 0.412 e. The average molecular weight is 511 g/mol. The molecule has 2 fully saturated rings. The van der Waals surface area contributed by atoms with Gasteiger partial charge in [-0.25, -0.2) is 14.6 Å². The normalized spacial score (nSPS) is 20.8. The van der Waals surface area contributed by atoms with Gasteiger partial charge >= 0.3 is 12.2 Å². The minimum absolute atomic E-state index is 0.0716. The molecule has 1 atom stereocenters. The average Bonchev–Trinajstić information content (AvgIpc) is 3.30. The molecule has 1 aromatic heterocycles. The summed E-state index contributed by atoms with van der Waals surface area (Å²) in [4.78, 5) is 35.9. The van der Waals surface area contributed by atoms with Crippen LogP contribution in [0.15, 0.2) is 18.3 Å². The first kappa shape index (κ1) is 25.4. The van der Waals surface area contributed by atoms with E-state index >= 15 is 0 Å². The fourth-order valence-corrected chi connectivity index (χ4v) is 5.44. The fraction of sp³-hybridized carbons (Fsp3) is 0.607. The number of anilines is 1. The number of aromatic nitrogens is 2. The van der Waals surface area contributed by atoms with Crippen molar-refractivity contribution in [2.45, 2.75) is 96.3 Å². The molecule has 9 heteroatoms. The van der Waals surface area contributed by atoms with Gasteiger partial charge in [0.2, 0.25) is 0 Å². The van der Waals surface area contributed by atoms with E-state index in [4.69, 9.17) is 14.5 Å². The number of piperidine rings is 1. The van der Waals surface area contributed by atoms with Crippen molar-refractivity contribution in [2.24, 2.45) is 0 Å². The zero-order valence-corrected chi connectivity index (χ0v) is 22.2. The molecule has 1 unspecified atom stereocenters. The van der Waals surface area contributed by atoms with Crippen molar-refractivity contribution >= 4 is 17.9 Å². The predicted molar refractivity (Wildman–Crippen MR) is 140 cm³/mol. The molecular weight excluding hydrogens is 472 g/mol. The van der Waals surface area contributed by atoms with Crippen LogP contribution in [0.4, 0.5) is 15.3 Å². The summed E-state index contributed by atoms with van der Waals surface area (Å²) in [5.41, 5.74) is 2.99. The lowest BCUT2D eigenvalue weighted by Gasteiger charge is -2.36. The van der Waals surface area contributed by atoms with E-state index in [0.29, 0.717) is 13.1 Å². The third-order valence-electron chi connectivity index (χ3n) is 7.71. The van der Waals surface area contributed by atoms with Crippen LogP contribution in [0.2, 0.25) is 0 Å². The molecular formula is C28H38N4O5. The molecule has 2 N–H and O–H groups in total. The van der Waals surface area contributed by atoms with E-state index in [2.05, 4.69) is 4.98 Å². The maximum absolute atomic E-state index is 12.4. The van der Waals surface area contributed by atoms with Crippen LogP contribution in [-0.2, 0) is 11.2 Å². The summed E-state index contributed by atoms with van der Waals surface area (Å²) in [6.07, 6.45) is 7.19. The van der Waals surface area contributed by atoms with Gasteiger partial charge in [-0.3, -0.25) is 4.90 Å². The SMILES string of the molecule is CC1CCc2c(ccc(-c3cnc(C4CCN(C(=O)OC(C)(C)C)CC4)[nH]3)c2OC2CCC2)N1C(=O)O. The highest BCUT2D eigenvalue weighted by atomic mass is 16.6. The van der Waals surface area contributed by atoms with Crippen LogP contribution in [0.3, 0.4) is 0 Å². The van der Waals surface area contributed by atoms with Gasteiger partial charge < -0.3 is 24.5 Å². The Morgan fingerprint density at radius 3 is 2.46 bits per heavy atom. The Morgan fingerprint density at radius 1 is 1.11 bits per heavy atom. The standard InChI is InChI=1S/C28H38N4O5/c1-17-8-9-21-23(32(17)26(33)34)11-10-20(24(21)36-19-6-5-7-19)22-16-29-25(30-22)18-12-14-31(15-13-18)27(35)37-28(2,3)4/h10-11,16-19H,5-9,12-15H2,1-4H3,(H,29,30)(H,33,34). The number of aromatic amines is 1. The molecule has 2 aromatic rings. The van der Waals surface area contributed by atoms with Gasteiger partial charge in [0, 0.05) is 36.2 Å². The second kappa shape index (κ2) is 9.91. The molecule has 3 heterocycles. The van der Waals surface area contributed by atoms with Crippen LogP contribution in [0, 0.1) is 0 Å². The molecule has 1 aliphatic carbocycles. The number of fused-ring (bicyclic) bond motifs is 1. The number of carbonyl (C=O) groups is 2. The van der Waals surface area contributed by atoms with Crippen molar-refractivity contribution in [1.29, 1.82) is 0 Å². The van der Waals surface area contributed by atoms with Gasteiger partial charge in [-0.1, -0.05) is 0 Å². The van der Waals surface area contributed by atoms with Crippen molar-refractivity contribution in [3.63, 3.8) is 0 Å². The van der Waals surface area contributed by atoms with Crippen molar-refractivity contribution in [1.82, 2.24) is 14.9 Å². The number of benzene rings is 1. The quantitative estimate of drug-likeness (QED) is 0.527. The van der Waals surface area contributed by atoms with Gasteiger partial charge in [-0.2, -0.15) is 0 Å². The third kappa shape index (κ3) is 5.26. The molecule has 5 rings (SSSR count). The summed E-state index contributed by atoms with van der Waals surface area (Å²) < 4.78 is 12.0. The number of rotatable bonds is 4. The first-order valence-electron chi connectivity index (χ1n) is 13.5. The van der Waals surface area contributed by atoms with Gasteiger partial charge in [0.1, 0.15) is 17.2 Å². The summed E-state index contributed by atoms with van der Waals surface area (Å²) >= 11 is 0. The molecule has 3 aliphatic rings. The summed E-state index contributed by atoms with van der Waals surface area (Å²) in [5.74, 6) is 1.92. The lowest BCUT2D eigenvalue weighted by Crippen LogP contribution is -2.41. The number of likely N-dealkylation sites (tertiary alicyclic amines) is 1. The van der Waals surface area contributed by atoms with E-state index in [1.165, 1.54) is 4.90 Å². The molecule has 37 heavy (non-hydrogen) atoms. The number of H-pyrrole nitrogens is 1. The highest BCUT2D eigenvalue weighted by Gasteiger charge is 2.34. The number of amides is 2. The molecule has 2 amide bonds. The molecule has 200 valence electrons. The van der Waals surface area contributed by atoms with E-state index in [-0.39, 0.29) is 24.2 Å². The molecule has 9 nitrogen and oxygen atoms in total. The number of nitrogens with zero attached hydrogens (tertiary/aromatic N) is 3. The summed E-state index contributed by atoms with van der Waals surface area (Å²) in [6.45, 7) is 8.86. The maximum atomic E-state index is 12.4. The van der Waals surface area contributed by atoms with E-state index in [9.17, 15) is 14.7 Å². The van der Waals surface area contributed by atoms with Crippen LogP contribution in [0.5, 0.6) is 5.75 Å². The highest BCUT2D eigenvalue weighted by molar-refractivity contribution is 5.91. The number of carbonyl (C=O) groups excluding carboxylic acids is 1. The number of hydrogen-bond donors (Lipinski definition) is 2. The smallest absolute Gasteiger partial charge is 0.412 e. The lowest BCUT2D eigenvalue weighted by atomic mass is 9.92. The summed E-state index contributed by atoms with van der Waals surface area (Å²) in [7, 11) is 0. The van der Waals surface area contributed by atoms with Crippen LogP contribution >= 0.6 is 0 Å². The number of imidazole rings is 1. The van der Waals surface area contributed by atoms with Crippen LogP contribution < -0.4 is 9.64 Å². The Kier molecular flexibility index (Phi) is 6.81. The molecule has 1 aromatic carbocycles. The van der Waals surface area contributed by atoms with Gasteiger partial charge in [0.25, 0.3) is 0 Å². The number of nitrogens with one attached hydrogen (secondary N) is 1. The monoisotopic (exact) mass is 510 g/mol. The molecule has 0 spiro atoms. The zero-order valence-electron chi connectivity index (χ0n) is 22.2. The molecule has 1 saturated carbocycles. The fourth-order valence-electron chi connectivity index (χ4n) is 5.44. The van der Waals surface area contributed by atoms with Crippen LogP contribution in [0.25, 0.3) is 11.3 Å². The molecule has 0 bridgehead atoms. The van der Waals surface area contributed by atoms with Crippen molar-refractivity contribution in [3.05, 3.63) is 29.7 Å². The summed E-state index contributed by atoms with van der Waals surface area (Å²) in [5, 5.41) is 9.86. The molecule has 2 aliphatic heterocycles. The first-order valence-corrected chi connectivity index (χ1v) is 13.5. The van der Waals surface area contributed by atoms with Crippen LogP contribution in [0.1, 0.15) is 83.5 Å². The second-order valence-corrected chi connectivity index (χ2v) is 11.6. The second-order valence-electron chi connectivity index (χ2n) is 11.6. The van der Waals surface area contributed by atoms with Crippen molar-refractivity contribution in [3.8, 4) is 17.0 Å². The Hall–Kier alpha value is -3.23. The number of ether oxygens (including phenoxy) is 2. The van der Waals surface area contributed by atoms with Gasteiger partial charge in [0.05, 0.1) is 23.7 Å². The molecule has 1 saturated heterocycles. The Labute approximate surface area is 218 Å². The van der Waals surface area contributed by atoms with Crippen LogP contribution in [-0.4, -0.2) is 63.0 Å². The van der Waals surface area contributed by atoms with E-state index in [1.807, 2.05) is 46.0 Å². The predicted octanol–water partition coefficient (Wildman–Crippen LogP) is 5.94. The van der Waals surface area contributed by atoms with Crippen molar-refractivity contribution < 1.29 is 24.2 Å². The van der Waals surface area contributed by atoms with Gasteiger partial charge in [-0.05, 0) is 84.8 Å². The number of hydrogen-bond acceptors (Lipinski definition) is 5. The minimum atomic E-state index is -0.933. The lowest BCUT2D eigenvalue weighted by molar-refractivity contribution is 0.0203. The zero-order chi connectivity index (χ0) is 26.3. The molecule has 0 radical (unpaired) electrons. The van der Waals surface area contributed by atoms with Gasteiger partial charge in [0.15, 0.2) is 0 Å². The van der Waals surface area contributed by atoms with E-state index in [1.54, 1.807) is 4.90 Å². The Bertz CT molecular complexity index is 1160. The van der Waals surface area contributed by atoms with E-state index in [0.717, 1.165) is 79.0 Å². The minimum Gasteiger partial charge on any atom is -0.489 e. The van der Waals surface area contributed by atoms with E-state index < -0.39 is 11.7 Å².